The van der Waals surface area contributed by atoms with Gasteiger partial charge in [-0.3, -0.25) is 44.4 Å². The number of non-ortho nitro benzene ring substituents is 1. The van der Waals surface area contributed by atoms with Crippen molar-refractivity contribution in [2.24, 2.45) is 11.8 Å². The molecule has 4 aliphatic rings. The molecule has 8 atom stereocenters. The number of hydrogen-bond acceptors (Lipinski definition) is 13. The number of likely N-dealkylation sites (tertiary alicyclic amines) is 2. The van der Waals surface area contributed by atoms with Gasteiger partial charge in [-0.05, 0) is 69.8 Å². The summed E-state index contributed by atoms with van der Waals surface area (Å²) in [5, 5.41) is 42.7. The molecule has 4 aliphatic heterocycles. The number of hydrazine groups is 1. The summed E-state index contributed by atoms with van der Waals surface area (Å²) in [6.07, 6.45) is 2.59. The number of aliphatic hydroxyl groups excluding tert-OH is 2. The van der Waals surface area contributed by atoms with E-state index in [-0.39, 0.29) is 44.0 Å². The van der Waals surface area contributed by atoms with Gasteiger partial charge in [0, 0.05) is 36.4 Å². The lowest BCUT2D eigenvalue weighted by Crippen LogP contribution is -2.55. The molecule has 0 aromatic heterocycles. The van der Waals surface area contributed by atoms with Gasteiger partial charge in [-0.1, -0.05) is 133 Å². The lowest BCUT2D eigenvalue weighted by molar-refractivity contribution is -0.384. The number of piperidine rings is 1. The summed E-state index contributed by atoms with van der Waals surface area (Å²) in [4.78, 5) is 67.5. The van der Waals surface area contributed by atoms with Crippen molar-refractivity contribution in [2.75, 3.05) is 19.6 Å². The summed E-state index contributed by atoms with van der Waals surface area (Å²) in [7, 11) is 3.08. The monoisotopic (exact) mass is 996 g/mol. The summed E-state index contributed by atoms with van der Waals surface area (Å²) < 4.78 is 10.9. The van der Waals surface area contributed by atoms with E-state index >= 15 is 0 Å². The number of aliphatic hydroxyl groups is 2. The fraction of sp³-hybridized carbons (Fsp3) is 0.241. The van der Waals surface area contributed by atoms with Gasteiger partial charge in [0.05, 0.1) is 62.3 Å². The number of carbonyl (C=O) groups is 4. The molecule has 4 amide bonds. The Bertz CT molecular complexity index is 3310. The van der Waals surface area contributed by atoms with Crippen LogP contribution in [-0.2, 0) is 32.3 Å². The van der Waals surface area contributed by atoms with Crippen LogP contribution in [-0.4, -0.2) is 92.0 Å². The Morgan fingerprint density at radius 2 is 1.16 bits per heavy atom. The fourth-order valence-corrected chi connectivity index (χ4v) is 10.9. The van der Waals surface area contributed by atoms with E-state index in [1.807, 2.05) is 103 Å². The molecular formula is C58H56N6O10. The molecule has 7 aromatic rings. The highest BCUT2D eigenvalue weighted by molar-refractivity contribution is 6.09. The molecule has 16 nitrogen and oxygen atoms in total. The van der Waals surface area contributed by atoms with Crippen LogP contribution in [0.4, 0.5) is 11.4 Å². The molecule has 3 fully saturated rings. The molecule has 74 heavy (non-hydrogen) atoms. The molecule has 11 rings (SSSR count). The third-order valence-electron chi connectivity index (χ3n) is 14.6. The molecule has 16 heteroatoms. The van der Waals surface area contributed by atoms with Crippen molar-refractivity contribution in [2.45, 2.75) is 62.3 Å². The zero-order valence-corrected chi connectivity index (χ0v) is 40.6. The third-order valence-corrected chi connectivity index (χ3v) is 14.6. The molecule has 4 N–H and O–H groups in total. The normalized spacial score (nSPS) is 22.2. The SMILES string of the molecule is COc1ccccc1[C@@H](O)[C@H]1C=C[C@H]2C(=O)N(Cc3cccc4ccccc34)C(=O)[C@H]2N1Nc1ccc([N+](=O)[O-])cc1.COc1ccccc1[C@@H](O)[C@H]1CC[C@H]2C(=O)N(Cc3cccc4ccccc34)C(=O)[C@H]2N1.[HH]. The molecule has 0 bridgehead atoms. The van der Waals surface area contributed by atoms with Gasteiger partial charge in [-0.15, -0.1) is 0 Å². The summed E-state index contributed by atoms with van der Waals surface area (Å²) in [6.45, 7) is 0.360. The van der Waals surface area contributed by atoms with Gasteiger partial charge < -0.3 is 25.1 Å². The Balaban J connectivity index is 0.000000188. The predicted octanol–water partition coefficient (Wildman–Crippen LogP) is 8.04. The number of imide groups is 2. The fourth-order valence-electron chi connectivity index (χ4n) is 10.9. The van der Waals surface area contributed by atoms with E-state index in [1.54, 1.807) is 54.6 Å². The number of nitrogens with zero attached hydrogens (tertiary/aromatic N) is 4. The van der Waals surface area contributed by atoms with Gasteiger partial charge in [-0.2, -0.15) is 0 Å². The largest absolute Gasteiger partial charge is 0.496 e. The highest BCUT2D eigenvalue weighted by Crippen LogP contribution is 2.40. The quantitative estimate of drug-likeness (QED) is 0.0374. The van der Waals surface area contributed by atoms with Crippen LogP contribution in [0.2, 0.25) is 0 Å². The first-order valence-electron chi connectivity index (χ1n) is 24.4. The third kappa shape index (κ3) is 9.35. The van der Waals surface area contributed by atoms with Crippen molar-refractivity contribution in [3.63, 3.8) is 0 Å². The number of amides is 4. The van der Waals surface area contributed by atoms with Crippen molar-refractivity contribution < 1.29 is 45.2 Å². The second-order valence-corrected chi connectivity index (χ2v) is 18.8. The minimum absolute atomic E-state index is 0. The average Bonchev–Trinajstić information content (AvgIpc) is 3.82. The smallest absolute Gasteiger partial charge is 0.269 e. The number of anilines is 1. The topological polar surface area (TPSA) is 204 Å². The van der Waals surface area contributed by atoms with E-state index in [4.69, 9.17) is 9.47 Å². The highest BCUT2D eigenvalue weighted by atomic mass is 16.6. The zero-order valence-electron chi connectivity index (χ0n) is 40.6. The number of methoxy groups -OCH3 is 2. The van der Waals surface area contributed by atoms with E-state index in [2.05, 4.69) is 10.7 Å². The van der Waals surface area contributed by atoms with E-state index in [1.165, 1.54) is 41.2 Å². The molecule has 3 saturated heterocycles. The molecule has 7 aromatic carbocycles. The van der Waals surface area contributed by atoms with Crippen LogP contribution >= 0.6 is 0 Å². The number of nitrogens with one attached hydrogen (secondary N) is 2. The van der Waals surface area contributed by atoms with Crippen LogP contribution in [0.1, 0.15) is 48.7 Å². The van der Waals surface area contributed by atoms with Crippen LogP contribution in [0, 0.1) is 22.0 Å². The van der Waals surface area contributed by atoms with Crippen LogP contribution in [0.5, 0.6) is 11.5 Å². The first-order valence-corrected chi connectivity index (χ1v) is 24.4. The standard InChI is InChI=1S/C32H28N4O6.C26H26N2O4.H2/c1-42-28-12-5-4-11-25(28)30(37)27-18-17-26-29(35(27)33-22-13-15-23(16-14-22)36(40)41)32(39)34(31(26)38)19-21-9-6-8-20-7-2-3-10-24(20)21;1-32-22-12-5-4-11-19(22)24(29)21-14-13-20-23(27-21)26(31)28(25(20)30)15-17-9-6-8-16-7-2-3-10-18(16)17;/h2-18,26-27,29-30,33,37H,19H2,1H3;2-12,20-21,23-24,27,29H,13-15H2,1H3;1H/t26-,27-,29+,30-;20-,21-,23+,24-;/m11./s1. The van der Waals surface area contributed by atoms with Crippen LogP contribution in [0.25, 0.3) is 21.5 Å². The Morgan fingerprint density at radius 1 is 0.635 bits per heavy atom. The molecule has 0 aliphatic carbocycles. The molecule has 0 radical (unpaired) electrons. The number of para-hydroxylation sites is 2. The van der Waals surface area contributed by atoms with E-state index in [9.17, 15) is 39.5 Å². The van der Waals surface area contributed by atoms with Crippen molar-refractivity contribution in [1.29, 1.82) is 0 Å². The van der Waals surface area contributed by atoms with E-state index < -0.39 is 53.0 Å². The number of hydrogen-bond donors (Lipinski definition) is 4. The van der Waals surface area contributed by atoms with Crippen molar-refractivity contribution in [3.05, 3.63) is 202 Å². The highest BCUT2D eigenvalue weighted by Gasteiger charge is 2.54. The second kappa shape index (κ2) is 21.1. The van der Waals surface area contributed by atoms with Crippen LogP contribution in [0.15, 0.2) is 170 Å². The molecule has 0 saturated carbocycles. The number of nitro groups is 1. The summed E-state index contributed by atoms with van der Waals surface area (Å²) >= 11 is 0. The van der Waals surface area contributed by atoms with Gasteiger partial charge in [0.25, 0.3) is 5.69 Å². The maximum absolute atomic E-state index is 14.1. The van der Waals surface area contributed by atoms with Crippen molar-refractivity contribution in [3.8, 4) is 11.5 Å². The number of ether oxygens (including phenoxy) is 2. The molecule has 0 unspecified atom stereocenters. The Kier molecular flexibility index (Phi) is 14.0. The number of rotatable bonds is 13. The molecular weight excluding hydrogens is 941 g/mol. The van der Waals surface area contributed by atoms with Gasteiger partial charge in [0.1, 0.15) is 23.6 Å². The van der Waals surface area contributed by atoms with Crippen LogP contribution in [0.3, 0.4) is 0 Å². The lowest BCUT2D eigenvalue weighted by Gasteiger charge is -2.40. The summed E-state index contributed by atoms with van der Waals surface area (Å²) in [6, 6.07) is 44.9. The first kappa shape index (κ1) is 49.3. The van der Waals surface area contributed by atoms with Crippen molar-refractivity contribution >= 4 is 56.5 Å². The van der Waals surface area contributed by atoms with Crippen LogP contribution < -0.4 is 20.2 Å². The van der Waals surface area contributed by atoms with Gasteiger partial charge in [0.15, 0.2) is 0 Å². The summed E-state index contributed by atoms with van der Waals surface area (Å²) in [5.41, 5.74) is 6.53. The van der Waals surface area contributed by atoms with Gasteiger partial charge in [-0.25, -0.2) is 5.01 Å². The zero-order chi connectivity index (χ0) is 51.6. The number of carbonyl (C=O) groups excluding carboxylic acids is 4. The Morgan fingerprint density at radius 3 is 1.74 bits per heavy atom. The average molecular weight is 997 g/mol. The van der Waals surface area contributed by atoms with Gasteiger partial charge >= 0.3 is 0 Å². The van der Waals surface area contributed by atoms with Crippen molar-refractivity contribution in [1.82, 2.24) is 20.1 Å². The minimum Gasteiger partial charge on any atom is -0.496 e. The van der Waals surface area contributed by atoms with E-state index in [0.717, 1.165) is 32.7 Å². The maximum atomic E-state index is 14.1. The first-order chi connectivity index (χ1) is 35.9. The minimum atomic E-state index is -1.14. The summed E-state index contributed by atoms with van der Waals surface area (Å²) in [5.74, 6) is -1.20. The lowest BCUT2D eigenvalue weighted by atomic mass is 9.85. The van der Waals surface area contributed by atoms with E-state index in [0.29, 0.717) is 41.2 Å². The Labute approximate surface area is 428 Å². The predicted molar refractivity (Wildman–Crippen MR) is 279 cm³/mol. The molecule has 4 heterocycles. The number of fused-ring (bicyclic) bond motifs is 4. The Hall–Kier alpha value is -8.28. The van der Waals surface area contributed by atoms with Gasteiger partial charge in [0.2, 0.25) is 23.6 Å². The maximum Gasteiger partial charge on any atom is 0.269 e. The second-order valence-electron chi connectivity index (χ2n) is 18.8. The molecule has 378 valence electrons. The number of benzene rings is 7. The number of nitro benzene ring substituents is 1. The molecule has 0 spiro atoms.